The van der Waals surface area contributed by atoms with Crippen molar-refractivity contribution in [2.75, 3.05) is 6.54 Å². The van der Waals surface area contributed by atoms with E-state index in [0.717, 1.165) is 12.0 Å². The largest absolute Gasteiger partial charge is 0.326 e. The molecular formula is C16H17NO3. The van der Waals surface area contributed by atoms with E-state index in [2.05, 4.69) is 0 Å². The molecule has 1 saturated carbocycles. The second kappa shape index (κ2) is 4.54. The molecule has 1 heterocycles. The smallest absolute Gasteiger partial charge is 0.254 e. The molecule has 1 fully saturated rings. The van der Waals surface area contributed by atoms with Gasteiger partial charge in [0.1, 0.15) is 5.78 Å². The van der Waals surface area contributed by atoms with Crippen molar-refractivity contribution in [3.8, 4) is 0 Å². The molecule has 0 unspecified atom stereocenters. The second-order valence-corrected chi connectivity index (χ2v) is 5.78. The molecule has 1 aromatic carbocycles. The van der Waals surface area contributed by atoms with Crippen LogP contribution in [0, 0.1) is 0 Å². The zero-order valence-electron chi connectivity index (χ0n) is 11.5. The Kier molecular flexibility index (Phi) is 2.96. The van der Waals surface area contributed by atoms with Gasteiger partial charge >= 0.3 is 0 Å². The number of rotatable bonds is 1. The maximum Gasteiger partial charge on any atom is 0.254 e. The quantitative estimate of drug-likeness (QED) is 0.731. The number of carbonyl (C=O) groups excluding carboxylic acids is 3. The van der Waals surface area contributed by atoms with E-state index >= 15 is 0 Å². The van der Waals surface area contributed by atoms with Crippen molar-refractivity contribution >= 4 is 17.5 Å². The molecule has 0 saturated heterocycles. The van der Waals surface area contributed by atoms with Crippen LogP contribution in [0.2, 0.25) is 0 Å². The van der Waals surface area contributed by atoms with Gasteiger partial charge in [0.2, 0.25) is 0 Å². The van der Waals surface area contributed by atoms with Crippen LogP contribution in [-0.2, 0) is 16.0 Å². The minimum Gasteiger partial charge on any atom is -0.326 e. The van der Waals surface area contributed by atoms with E-state index in [1.165, 1.54) is 0 Å². The number of fused-ring (bicyclic) bond motifs is 1. The summed E-state index contributed by atoms with van der Waals surface area (Å²) in [5, 5.41) is 0. The first-order chi connectivity index (χ1) is 9.52. The molecule has 104 valence electrons. The summed E-state index contributed by atoms with van der Waals surface area (Å²) in [4.78, 5) is 38.0. The standard InChI is InChI=1S/C16H17NO3/c1-16(8-6-12(18)10-14(16)19)17-9-7-11-4-2-3-5-13(11)15(17)20/h2-5H,6-10H2,1H3/t16-/m1/s1. The molecule has 4 nitrogen and oxygen atoms in total. The number of benzene rings is 1. The first kappa shape index (κ1) is 13.0. The normalized spacial score (nSPS) is 26.6. The molecule has 3 rings (SSSR count). The summed E-state index contributed by atoms with van der Waals surface area (Å²) in [6.45, 7) is 2.35. The minimum absolute atomic E-state index is 0.0164. The lowest BCUT2D eigenvalue weighted by molar-refractivity contribution is -0.138. The number of nitrogens with zero attached hydrogens (tertiary/aromatic N) is 1. The highest BCUT2D eigenvalue weighted by molar-refractivity contribution is 6.09. The first-order valence-electron chi connectivity index (χ1n) is 6.97. The SMILES string of the molecule is C[C@@]1(N2CCc3ccccc3C2=O)CCC(=O)CC1=O. The molecule has 1 atom stereocenters. The van der Waals surface area contributed by atoms with E-state index < -0.39 is 5.54 Å². The highest BCUT2D eigenvalue weighted by atomic mass is 16.2. The lowest BCUT2D eigenvalue weighted by Crippen LogP contribution is -2.59. The average molecular weight is 271 g/mol. The van der Waals surface area contributed by atoms with Gasteiger partial charge in [-0.05, 0) is 31.4 Å². The molecule has 0 bridgehead atoms. The first-order valence-corrected chi connectivity index (χ1v) is 6.97. The Morgan fingerprint density at radius 1 is 1.10 bits per heavy atom. The van der Waals surface area contributed by atoms with Crippen LogP contribution in [0.3, 0.4) is 0 Å². The molecule has 1 aromatic rings. The maximum atomic E-state index is 12.6. The Balaban J connectivity index is 1.94. The van der Waals surface area contributed by atoms with Crippen molar-refractivity contribution < 1.29 is 14.4 Å². The monoisotopic (exact) mass is 271 g/mol. The molecule has 4 heteroatoms. The minimum atomic E-state index is -0.821. The third-order valence-electron chi connectivity index (χ3n) is 4.54. The van der Waals surface area contributed by atoms with Crippen molar-refractivity contribution in [3.05, 3.63) is 35.4 Å². The summed E-state index contributed by atoms with van der Waals surface area (Å²) in [7, 11) is 0. The fourth-order valence-electron chi connectivity index (χ4n) is 3.16. The Hall–Kier alpha value is -1.97. The second-order valence-electron chi connectivity index (χ2n) is 5.78. The van der Waals surface area contributed by atoms with Gasteiger partial charge in [-0.25, -0.2) is 0 Å². The fourth-order valence-corrected chi connectivity index (χ4v) is 3.16. The average Bonchev–Trinajstić information content (AvgIpc) is 2.44. The molecule has 0 N–H and O–H groups in total. The van der Waals surface area contributed by atoms with Gasteiger partial charge in [-0.3, -0.25) is 14.4 Å². The van der Waals surface area contributed by atoms with Crippen molar-refractivity contribution in [1.82, 2.24) is 4.90 Å². The van der Waals surface area contributed by atoms with E-state index in [-0.39, 0.29) is 23.9 Å². The Morgan fingerprint density at radius 3 is 2.60 bits per heavy atom. The zero-order chi connectivity index (χ0) is 14.3. The molecule has 0 aromatic heterocycles. The topological polar surface area (TPSA) is 54.5 Å². The number of carbonyl (C=O) groups is 3. The number of hydrogen-bond acceptors (Lipinski definition) is 3. The molecular weight excluding hydrogens is 254 g/mol. The van der Waals surface area contributed by atoms with E-state index in [1.54, 1.807) is 11.8 Å². The van der Waals surface area contributed by atoms with Crippen LogP contribution in [0.1, 0.15) is 42.1 Å². The van der Waals surface area contributed by atoms with Crippen LogP contribution < -0.4 is 0 Å². The number of amides is 1. The summed E-state index contributed by atoms with van der Waals surface area (Å²) in [6, 6.07) is 7.54. The predicted molar refractivity (Wildman–Crippen MR) is 73.5 cm³/mol. The molecule has 2 aliphatic rings. The van der Waals surface area contributed by atoms with E-state index in [9.17, 15) is 14.4 Å². The van der Waals surface area contributed by atoms with Crippen LogP contribution in [0.15, 0.2) is 24.3 Å². The Bertz CT molecular complexity index is 607. The van der Waals surface area contributed by atoms with Gasteiger partial charge in [0.25, 0.3) is 5.91 Å². The molecule has 20 heavy (non-hydrogen) atoms. The van der Waals surface area contributed by atoms with Crippen LogP contribution in [-0.4, -0.2) is 34.5 Å². The van der Waals surface area contributed by atoms with Crippen LogP contribution >= 0.6 is 0 Å². The van der Waals surface area contributed by atoms with E-state index in [4.69, 9.17) is 0 Å². The molecule has 0 spiro atoms. The van der Waals surface area contributed by atoms with Crippen molar-refractivity contribution in [3.63, 3.8) is 0 Å². The summed E-state index contributed by atoms with van der Waals surface area (Å²) >= 11 is 0. The number of Topliss-reactive ketones (excluding diaryl/α,β-unsaturated/α-hetero) is 2. The predicted octanol–water partition coefficient (Wildman–Crippen LogP) is 1.77. The van der Waals surface area contributed by atoms with Gasteiger partial charge in [0.05, 0.1) is 12.0 Å². The zero-order valence-corrected chi connectivity index (χ0v) is 11.5. The summed E-state index contributed by atoms with van der Waals surface area (Å²) in [5.41, 5.74) is 0.903. The van der Waals surface area contributed by atoms with Gasteiger partial charge in [-0.1, -0.05) is 18.2 Å². The number of hydrogen-bond donors (Lipinski definition) is 0. The lowest BCUT2D eigenvalue weighted by atomic mass is 9.78. The van der Waals surface area contributed by atoms with Crippen LogP contribution in [0.4, 0.5) is 0 Å². The molecule has 0 radical (unpaired) electrons. The fraction of sp³-hybridized carbons (Fsp3) is 0.438. The third-order valence-corrected chi connectivity index (χ3v) is 4.54. The van der Waals surface area contributed by atoms with E-state index in [0.29, 0.717) is 24.9 Å². The van der Waals surface area contributed by atoms with Gasteiger partial charge in [0, 0.05) is 18.5 Å². The summed E-state index contributed by atoms with van der Waals surface area (Å²) in [5.74, 6) is -0.226. The van der Waals surface area contributed by atoms with E-state index in [1.807, 2.05) is 24.3 Å². The summed E-state index contributed by atoms with van der Waals surface area (Å²) < 4.78 is 0. The molecule has 1 aliphatic heterocycles. The highest BCUT2D eigenvalue weighted by Gasteiger charge is 2.46. The molecule has 1 amide bonds. The third kappa shape index (κ3) is 1.87. The van der Waals surface area contributed by atoms with Gasteiger partial charge in [-0.15, -0.1) is 0 Å². The Morgan fingerprint density at radius 2 is 1.85 bits per heavy atom. The van der Waals surface area contributed by atoms with Gasteiger partial charge in [0.15, 0.2) is 5.78 Å². The number of ketones is 2. The lowest BCUT2D eigenvalue weighted by Gasteiger charge is -2.44. The molecule has 1 aliphatic carbocycles. The van der Waals surface area contributed by atoms with Crippen LogP contribution in [0.5, 0.6) is 0 Å². The highest BCUT2D eigenvalue weighted by Crippen LogP contribution is 2.33. The maximum absolute atomic E-state index is 12.6. The summed E-state index contributed by atoms with van der Waals surface area (Å²) in [6.07, 6.45) is 1.55. The van der Waals surface area contributed by atoms with Gasteiger partial charge < -0.3 is 4.90 Å². The van der Waals surface area contributed by atoms with Crippen molar-refractivity contribution in [2.24, 2.45) is 0 Å². The van der Waals surface area contributed by atoms with Crippen LogP contribution in [0.25, 0.3) is 0 Å². The van der Waals surface area contributed by atoms with Gasteiger partial charge in [-0.2, -0.15) is 0 Å². The van der Waals surface area contributed by atoms with Crippen molar-refractivity contribution in [1.29, 1.82) is 0 Å². The Labute approximate surface area is 117 Å². The van der Waals surface area contributed by atoms with Crippen molar-refractivity contribution in [2.45, 2.75) is 38.1 Å².